The zero-order valence-electron chi connectivity index (χ0n) is 12.9. The Kier molecular flexibility index (Phi) is 4.05. The van der Waals surface area contributed by atoms with Gasteiger partial charge >= 0.3 is 5.97 Å². The van der Waals surface area contributed by atoms with Crippen LogP contribution >= 0.6 is 22.9 Å². The number of thiophene rings is 1. The minimum Gasteiger partial charge on any atom is -0.481 e. The second-order valence-electron chi connectivity index (χ2n) is 5.82. The van der Waals surface area contributed by atoms with Crippen LogP contribution in [-0.4, -0.2) is 41.8 Å². The van der Waals surface area contributed by atoms with E-state index < -0.39 is 5.97 Å². The molecule has 0 amide bonds. The monoisotopic (exact) mass is 377 g/mol. The van der Waals surface area contributed by atoms with Gasteiger partial charge in [-0.25, -0.2) is 4.39 Å². The Morgan fingerprint density at radius 2 is 2.20 bits per heavy atom. The van der Waals surface area contributed by atoms with E-state index in [1.54, 1.807) is 24.3 Å². The molecule has 2 aliphatic rings. The Morgan fingerprint density at radius 1 is 1.40 bits per heavy atom. The Labute approximate surface area is 152 Å². The fourth-order valence-corrected chi connectivity index (χ4v) is 4.36. The van der Waals surface area contributed by atoms with Crippen LogP contribution in [0.3, 0.4) is 0 Å². The number of fused-ring (bicyclic) bond motifs is 3. The summed E-state index contributed by atoms with van der Waals surface area (Å²) in [6, 6.07) is 7.95. The van der Waals surface area contributed by atoms with Gasteiger partial charge < -0.3 is 10.0 Å². The van der Waals surface area contributed by atoms with Gasteiger partial charge in [0.2, 0.25) is 0 Å². The van der Waals surface area contributed by atoms with Crippen LogP contribution in [0.25, 0.3) is 0 Å². The fraction of sp³-hybridized carbons (Fsp3) is 0.235. The van der Waals surface area contributed by atoms with Gasteiger partial charge in [0.15, 0.2) is 0 Å². The summed E-state index contributed by atoms with van der Waals surface area (Å²) in [5.41, 5.74) is 1.71. The summed E-state index contributed by atoms with van der Waals surface area (Å²) in [6.07, 6.45) is -0.0294. The Morgan fingerprint density at radius 3 is 2.96 bits per heavy atom. The van der Waals surface area contributed by atoms with E-state index in [4.69, 9.17) is 16.7 Å². The first kappa shape index (κ1) is 16.2. The zero-order chi connectivity index (χ0) is 17.6. The highest BCUT2D eigenvalue weighted by atomic mass is 35.5. The largest absolute Gasteiger partial charge is 0.481 e. The lowest BCUT2D eigenvalue weighted by atomic mass is 10.0. The molecular formula is C17H13ClFN3O2S. The van der Waals surface area contributed by atoms with Crippen LogP contribution < -0.4 is 4.90 Å². The first-order valence-corrected chi connectivity index (χ1v) is 8.87. The van der Waals surface area contributed by atoms with Crippen molar-refractivity contribution in [3.8, 4) is 0 Å². The third kappa shape index (κ3) is 2.94. The van der Waals surface area contributed by atoms with E-state index in [2.05, 4.69) is 9.98 Å². The molecule has 1 aromatic heterocycles. The number of rotatable bonds is 3. The van der Waals surface area contributed by atoms with Crippen molar-refractivity contribution in [1.82, 2.24) is 0 Å². The van der Waals surface area contributed by atoms with E-state index in [0.29, 0.717) is 28.0 Å². The van der Waals surface area contributed by atoms with Crippen LogP contribution in [-0.2, 0) is 4.79 Å². The van der Waals surface area contributed by atoms with Crippen molar-refractivity contribution >= 4 is 45.5 Å². The molecule has 0 saturated heterocycles. The van der Waals surface area contributed by atoms with Crippen LogP contribution in [0.1, 0.15) is 17.5 Å². The molecule has 1 aromatic carbocycles. The molecule has 128 valence electrons. The summed E-state index contributed by atoms with van der Waals surface area (Å²) in [5, 5.41) is 9.84. The second kappa shape index (κ2) is 6.24. The van der Waals surface area contributed by atoms with Crippen molar-refractivity contribution in [2.75, 3.05) is 18.0 Å². The lowest BCUT2D eigenvalue weighted by molar-refractivity contribution is -0.137. The van der Waals surface area contributed by atoms with Crippen molar-refractivity contribution in [3.63, 3.8) is 0 Å². The Balaban J connectivity index is 1.80. The highest BCUT2D eigenvalue weighted by Gasteiger charge is 2.33. The quantitative estimate of drug-likeness (QED) is 0.890. The minimum absolute atomic E-state index is 0.0294. The summed E-state index contributed by atoms with van der Waals surface area (Å²) in [5.74, 6) is -0.536. The normalized spacial score (nSPS) is 19.0. The molecule has 2 aliphatic heterocycles. The third-order valence-electron chi connectivity index (χ3n) is 4.14. The number of amidine groups is 1. The summed E-state index contributed by atoms with van der Waals surface area (Å²) in [7, 11) is 0. The molecule has 4 rings (SSSR count). The number of carboxylic acid groups (broad SMARTS) is 1. The number of hydrogen-bond donors (Lipinski definition) is 1. The van der Waals surface area contributed by atoms with Gasteiger partial charge in [0.05, 0.1) is 29.1 Å². The van der Waals surface area contributed by atoms with E-state index in [1.807, 2.05) is 4.90 Å². The average molecular weight is 378 g/mol. The Bertz CT molecular complexity index is 924. The van der Waals surface area contributed by atoms with Gasteiger partial charge in [0.1, 0.15) is 16.7 Å². The number of carboxylic acids is 1. The molecule has 1 unspecified atom stereocenters. The molecule has 25 heavy (non-hydrogen) atoms. The van der Waals surface area contributed by atoms with Crippen molar-refractivity contribution in [2.24, 2.45) is 9.98 Å². The number of nitrogens with zero attached hydrogens (tertiary/aromatic N) is 3. The van der Waals surface area contributed by atoms with Crippen molar-refractivity contribution in [1.29, 1.82) is 0 Å². The fourth-order valence-electron chi connectivity index (χ4n) is 3.12. The standard InChI is InChI=1S/C17H13ClFN3O2S/c18-13-6-11-16(10-3-1-2-4-12(10)19)20-7-14-21-9(5-15(23)24)8-22(14)17(11)25-13/h1-4,6,9H,5,7-8H2,(H,23,24). The highest BCUT2D eigenvalue weighted by molar-refractivity contribution is 7.20. The topological polar surface area (TPSA) is 65.3 Å². The van der Waals surface area contributed by atoms with Gasteiger partial charge in [0.25, 0.3) is 0 Å². The molecule has 0 spiro atoms. The van der Waals surface area contributed by atoms with Gasteiger partial charge in [-0.1, -0.05) is 23.7 Å². The molecule has 0 aliphatic carbocycles. The van der Waals surface area contributed by atoms with Crippen LogP contribution in [0, 0.1) is 5.82 Å². The van der Waals surface area contributed by atoms with Crippen LogP contribution in [0.2, 0.25) is 4.34 Å². The smallest absolute Gasteiger partial charge is 0.305 e. The number of anilines is 1. The van der Waals surface area contributed by atoms with Crippen LogP contribution in [0.4, 0.5) is 9.39 Å². The zero-order valence-corrected chi connectivity index (χ0v) is 14.5. The lowest BCUT2D eigenvalue weighted by Crippen LogP contribution is -2.30. The molecule has 0 fully saturated rings. The number of halogens is 2. The molecule has 2 aromatic rings. The van der Waals surface area contributed by atoms with Crippen molar-refractivity contribution in [3.05, 3.63) is 51.6 Å². The van der Waals surface area contributed by atoms with Crippen molar-refractivity contribution in [2.45, 2.75) is 12.5 Å². The van der Waals surface area contributed by atoms with Gasteiger partial charge in [-0.2, -0.15) is 0 Å². The van der Waals surface area contributed by atoms with Crippen LogP contribution in [0.5, 0.6) is 0 Å². The number of carbonyl (C=O) groups is 1. The van der Waals surface area contributed by atoms with Gasteiger partial charge in [-0.05, 0) is 18.2 Å². The molecular weight excluding hydrogens is 365 g/mol. The summed E-state index contributed by atoms with van der Waals surface area (Å²) in [6.45, 7) is 0.740. The maximum atomic E-state index is 14.3. The summed E-state index contributed by atoms with van der Waals surface area (Å²) < 4.78 is 14.9. The maximum Gasteiger partial charge on any atom is 0.305 e. The number of aliphatic carboxylic acids is 1. The summed E-state index contributed by atoms with van der Waals surface area (Å²) in [4.78, 5) is 22.0. The van der Waals surface area contributed by atoms with E-state index in [-0.39, 0.29) is 24.8 Å². The SMILES string of the molecule is O=C(O)CC1CN2C(=N1)CN=C(c1ccccc1F)c1cc(Cl)sc12. The van der Waals surface area contributed by atoms with E-state index in [0.717, 1.165) is 10.6 Å². The Hall–Kier alpha value is -2.25. The first-order chi connectivity index (χ1) is 12.0. The maximum absolute atomic E-state index is 14.3. The molecule has 3 heterocycles. The molecule has 0 bridgehead atoms. The molecule has 1 atom stereocenters. The van der Waals surface area contributed by atoms with E-state index in [9.17, 15) is 9.18 Å². The highest BCUT2D eigenvalue weighted by Crippen LogP contribution is 2.39. The van der Waals surface area contributed by atoms with Gasteiger partial charge in [-0.3, -0.25) is 14.8 Å². The molecule has 5 nitrogen and oxygen atoms in total. The number of benzene rings is 1. The van der Waals surface area contributed by atoms with Crippen LogP contribution in [0.15, 0.2) is 40.3 Å². The van der Waals surface area contributed by atoms with E-state index >= 15 is 0 Å². The third-order valence-corrected chi connectivity index (χ3v) is 5.42. The number of aliphatic imine (C=N–C) groups is 2. The van der Waals surface area contributed by atoms with Crippen molar-refractivity contribution < 1.29 is 14.3 Å². The second-order valence-corrected chi connectivity index (χ2v) is 7.48. The molecule has 0 saturated carbocycles. The number of hydrogen-bond acceptors (Lipinski definition) is 5. The molecule has 1 N–H and O–H groups in total. The van der Waals surface area contributed by atoms with E-state index in [1.165, 1.54) is 17.4 Å². The molecule has 0 radical (unpaired) electrons. The first-order valence-electron chi connectivity index (χ1n) is 7.68. The molecule has 8 heteroatoms. The summed E-state index contributed by atoms with van der Waals surface area (Å²) >= 11 is 7.58. The minimum atomic E-state index is -0.882. The lowest BCUT2D eigenvalue weighted by Gasteiger charge is -2.18. The predicted molar refractivity (Wildman–Crippen MR) is 97.1 cm³/mol. The van der Waals surface area contributed by atoms with Gasteiger partial charge in [-0.15, -0.1) is 11.3 Å². The average Bonchev–Trinajstić information content (AvgIpc) is 3.09. The predicted octanol–water partition coefficient (Wildman–Crippen LogP) is 3.45. The van der Waals surface area contributed by atoms with Gasteiger partial charge in [0, 0.05) is 17.7 Å².